The number of rotatable bonds is 3. The SMILES string of the molecule is Cc1cccc2c(C(=O)Nc3ccc4c(c3)N(C)C(=O)CO4)cc(-c3cccnc3)nc12. The first kappa shape index (κ1) is 19.7. The van der Waals surface area contributed by atoms with E-state index in [0.717, 1.165) is 22.0 Å². The number of benzene rings is 2. The second-order valence-corrected chi connectivity index (χ2v) is 7.65. The van der Waals surface area contributed by atoms with E-state index in [1.54, 1.807) is 43.7 Å². The van der Waals surface area contributed by atoms with Crippen molar-refractivity contribution < 1.29 is 14.3 Å². The van der Waals surface area contributed by atoms with E-state index in [9.17, 15) is 9.59 Å². The summed E-state index contributed by atoms with van der Waals surface area (Å²) in [6.45, 7) is 1.98. The Hall–Kier alpha value is -4.26. The van der Waals surface area contributed by atoms with Crippen molar-refractivity contribution >= 4 is 34.1 Å². The van der Waals surface area contributed by atoms with Crippen LogP contribution in [0.15, 0.2) is 67.0 Å². The monoisotopic (exact) mass is 424 g/mol. The van der Waals surface area contributed by atoms with Crippen LogP contribution in [0.5, 0.6) is 5.75 Å². The third-order valence-electron chi connectivity index (χ3n) is 5.55. The average molecular weight is 424 g/mol. The molecule has 158 valence electrons. The van der Waals surface area contributed by atoms with Crippen LogP contribution < -0.4 is 15.0 Å². The van der Waals surface area contributed by atoms with Gasteiger partial charge < -0.3 is 15.0 Å². The fourth-order valence-corrected chi connectivity index (χ4v) is 3.79. The number of carbonyl (C=O) groups is 2. The predicted molar refractivity (Wildman–Crippen MR) is 123 cm³/mol. The van der Waals surface area contributed by atoms with Crippen molar-refractivity contribution in [3.05, 3.63) is 78.1 Å². The average Bonchev–Trinajstić information content (AvgIpc) is 2.82. The van der Waals surface area contributed by atoms with E-state index in [0.29, 0.717) is 28.4 Å². The fraction of sp³-hybridized carbons (Fsp3) is 0.120. The Bertz CT molecular complexity index is 1370. The molecule has 3 heterocycles. The van der Waals surface area contributed by atoms with Crippen molar-refractivity contribution in [2.24, 2.45) is 0 Å². The Kier molecular flexibility index (Phi) is 4.78. The molecule has 5 rings (SSSR count). The maximum Gasteiger partial charge on any atom is 0.264 e. The van der Waals surface area contributed by atoms with Crippen LogP contribution >= 0.6 is 0 Å². The van der Waals surface area contributed by atoms with Gasteiger partial charge in [-0.3, -0.25) is 14.6 Å². The third-order valence-corrected chi connectivity index (χ3v) is 5.55. The number of nitrogens with one attached hydrogen (secondary N) is 1. The summed E-state index contributed by atoms with van der Waals surface area (Å²) in [6.07, 6.45) is 3.43. The summed E-state index contributed by atoms with van der Waals surface area (Å²) in [4.78, 5) is 35.8. The highest BCUT2D eigenvalue weighted by Crippen LogP contribution is 2.34. The summed E-state index contributed by atoms with van der Waals surface area (Å²) in [5.74, 6) is 0.199. The number of aromatic nitrogens is 2. The lowest BCUT2D eigenvalue weighted by Gasteiger charge is -2.26. The molecule has 2 amide bonds. The lowest BCUT2D eigenvalue weighted by Crippen LogP contribution is -2.35. The van der Waals surface area contributed by atoms with Crippen LogP contribution in [0.25, 0.3) is 22.2 Å². The molecule has 1 N–H and O–H groups in total. The number of nitrogens with zero attached hydrogens (tertiary/aromatic N) is 3. The molecule has 7 heteroatoms. The second-order valence-electron chi connectivity index (χ2n) is 7.65. The number of hydrogen-bond acceptors (Lipinski definition) is 5. The third kappa shape index (κ3) is 3.43. The number of anilines is 2. The van der Waals surface area contributed by atoms with Gasteiger partial charge in [0.05, 0.1) is 22.5 Å². The molecule has 4 aromatic rings. The zero-order valence-corrected chi connectivity index (χ0v) is 17.6. The van der Waals surface area contributed by atoms with Gasteiger partial charge in [-0.1, -0.05) is 18.2 Å². The van der Waals surface area contributed by atoms with Crippen molar-refractivity contribution in [2.75, 3.05) is 23.9 Å². The Labute approximate surface area is 184 Å². The van der Waals surface area contributed by atoms with Crippen molar-refractivity contribution in [2.45, 2.75) is 6.92 Å². The highest BCUT2D eigenvalue weighted by Gasteiger charge is 2.23. The molecule has 2 aromatic carbocycles. The van der Waals surface area contributed by atoms with Crippen LogP contribution in [0.3, 0.4) is 0 Å². The number of aryl methyl sites for hydroxylation is 1. The van der Waals surface area contributed by atoms with Crippen LogP contribution in [0.2, 0.25) is 0 Å². The Balaban J connectivity index is 1.57. The molecule has 0 spiro atoms. The fourth-order valence-electron chi connectivity index (χ4n) is 3.79. The molecule has 1 aliphatic rings. The predicted octanol–water partition coefficient (Wildman–Crippen LogP) is 4.21. The maximum absolute atomic E-state index is 13.4. The molecule has 0 radical (unpaired) electrons. The maximum atomic E-state index is 13.4. The summed E-state index contributed by atoms with van der Waals surface area (Å²) in [6, 6.07) is 16.6. The van der Waals surface area contributed by atoms with Crippen LogP contribution in [0.4, 0.5) is 11.4 Å². The van der Waals surface area contributed by atoms with Crippen LogP contribution in [0.1, 0.15) is 15.9 Å². The quantitative estimate of drug-likeness (QED) is 0.533. The van der Waals surface area contributed by atoms with E-state index in [-0.39, 0.29) is 18.4 Å². The van der Waals surface area contributed by atoms with Crippen molar-refractivity contribution in [1.82, 2.24) is 9.97 Å². The first-order valence-corrected chi connectivity index (χ1v) is 10.2. The highest BCUT2D eigenvalue weighted by molar-refractivity contribution is 6.13. The van der Waals surface area contributed by atoms with E-state index in [2.05, 4.69) is 10.3 Å². The van der Waals surface area contributed by atoms with Gasteiger partial charge in [0.15, 0.2) is 6.61 Å². The first-order valence-electron chi connectivity index (χ1n) is 10.2. The smallest absolute Gasteiger partial charge is 0.264 e. The topological polar surface area (TPSA) is 84.4 Å². The number of para-hydroxylation sites is 1. The molecule has 7 nitrogen and oxygen atoms in total. The van der Waals surface area contributed by atoms with E-state index in [1.165, 1.54) is 4.90 Å². The molecule has 1 aliphatic heterocycles. The number of ether oxygens (including phenoxy) is 1. The number of likely N-dealkylation sites (N-methyl/N-ethyl adjacent to an activating group) is 1. The molecule has 2 aromatic heterocycles. The van der Waals surface area contributed by atoms with Crippen molar-refractivity contribution in [3.8, 4) is 17.0 Å². The van der Waals surface area contributed by atoms with Gasteiger partial charge in [0.2, 0.25) is 0 Å². The Morgan fingerprint density at radius 2 is 2.00 bits per heavy atom. The molecule has 0 saturated heterocycles. The lowest BCUT2D eigenvalue weighted by molar-refractivity contribution is -0.120. The van der Waals surface area contributed by atoms with E-state index in [4.69, 9.17) is 9.72 Å². The minimum Gasteiger partial charge on any atom is -0.482 e. The highest BCUT2D eigenvalue weighted by atomic mass is 16.5. The van der Waals surface area contributed by atoms with Gasteiger partial charge in [0.25, 0.3) is 11.8 Å². The van der Waals surface area contributed by atoms with E-state index in [1.807, 2.05) is 37.3 Å². The van der Waals surface area contributed by atoms with Crippen LogP contribution in [-0.4, -0.2) is 35.4 Å². The minimum atomic E-state index is -0.265. The van der Waals surface area contributed by atoms with E-state index >= 15 is 0 Å². The summed E-state index contributed by atoms with van der Waals surface area (Å²) in [5.41, 5.74) is 4.95. The molecule has 0 unspecified atom stereocenters. The Morgan fingerprint density at radius 1 is 1.12 bits per heavy atom. The largest absolute Gasteiger partial charge is 0.482 e. The molecule has 32 heavy (non-hydrogen) atoms. The number of amides is 2. The lowest BCUT2D eigenvalue weighted by atomic mass is 10.0. The van der Waals surface area contributed by atoms with E-state index < -0.39 is 0 Å². The second kappa shape index (κ2) is 7.77. The number of pyridine rings is 2. The van der Waals surface area contributed by atoms with Gasteiger partial charge in [-0.05, 0) is 48.9 Å². The standard InChI is InChI=1S/C25H20N4O3/c1-15-5-3-7-18-19(12-20(28-24(15)18)16-6-4-10-26-13-16)25(31)27-17-8-9-22-21(11-17)29(2)23(30)14-32-22/h3-13H,14H2,1-2H3,(H,27,31). The molecule has 0 atom stereocenters. The zero-order valence-electron chi connectivity index (χ0n) is 17.6. The number of hydrogen-bond donors (Lipinski definition) is 1. The molecular weight excluding hydrogens is 404 g/mol. The summed E-state index contributed by atoms with van der Waals surface area (Å²) in [7, 11) is 1.69. The molecule has 0 bridgehead atoms. The number of carbonyl (C=O) groups excluding carboxylic acids is 2. The van der Waals surface area contributed by atoms with Gasteiger partial charge in [-0.2, -0.15) is 0 Å². The normalized spacial score (nSPS) is 12.9. The van der Waals surface area contributed by atoms with Crippen LogP contribution in [0, 0.1) is 6.92 Å². The van der Waals surface area contributed by atoms with Gasteiger partial charge in [-0.25, -0.2) is 4.98 Å². The zero-order chi connectivity index (χ0) is 22.2. The van der Waals surface area contributed by atoms with Gasteiger partial charge in [-0.15, -0.1) is 0 Å². The van der Waals surface area contributed by atoms with Gasteiger partial charge in [0, 0.05) is 36.1 Å². The van der Waals surface area contributed by atoms with Gasteiger partial charge >= 0.3 is 0 Å². The summed E-state index contributed by atoms with van der Waals surface area (Å²) in [5, 5.41) is 3.73. The summed E-state index contributed by atoms with van der Waals surface area (Å²) < 4.78 is 5.47. The summed E-state index contributed by atoms with van der Waals surface area (Å²) >= 11 is 0. The first-order chi connectivity index (χ1) is 15.5. The molecule has 0 aliphatic carbocycles. The number of fused-ring (bicyclic) bond motifs is 2. The molecule has 0 fully saturated rings. The molecular formula is C25H20N4O3. The van der Waals surface area contributed by atoms with Gasteiger partial charge in [0.1, 0.15) is 5.75 Å². The minimum absolute atomic E-state index is 0.00861. The molecule has 0 saturated carbocycles. The van der Waals surface area contributed by atoms with Crippen LogP contribution in [-0.2, 0) is 4.79 Å². The van der Waals surface area contributed by atoms with Crippen molar-refractivity contribution in [3.63, 3.8) is 0 Å². The Morgan fingerprint density at radius 3 is 2.81 bits per heavy atom. The van der Waals surface area contributed by atoms with Crippen molar-refractivity contribution in [1.29, 1.82) is 0 Å².